The maximum atomic E-state index is 13.0. The fourth-order valence-electron chi connectivity index (χ4n) is 3.76. The second kappa shape index (κ2) is 9.69. The lowest BCUT2D eigenvalue weighted by molar-refractivity contribution is -0.145. The zero-order chi connectivity index (χ0) is 23.4. The quantitative estimate of drug-likeness (QED) is 0.339. The number of esters is 1. The van der Waals surface area contributed by atoms with Crippen molar-refractivity contribution in [1.82, 2.24) is 0 Å². The average Bonchev–Trinajstić information content (AvgIpc) is 3.57. The Bertz CT molecular complexity index is 1090. The van der Waals surface area contributed by atoms with Crippen molar-refractivity contribution >= 4 is 5.97 Å². The number of rotatable bonds is 8. The van der Waals surface area contributed by atoms with Crippen LogP contribution in [0, 0.1) is 0 Å². The van der Waals surface area contributed by atoms with Gasteiger partial charge in [-0.2, -0.15) is 13.2 Å². The molecule has 0 N–H and O–H groups in total. The van der Waals surface area contributed by atoms with E-state index in [-0.39, 0.29) is 18.0 Å². The van der Waals surface area contributed by atoms with E-state index in [2.05, 4.69) is 0 Å². The standard InChI is InChI=1S/C27H25F3O3/c1-2-6-26(31)33-25-16-24(25)21-13-20(19-9-11-22(12-10-19)27(28,29)30)14-23(15-21)32-17-18-7-4-3-5-8-18/h3-5,7-15,24-25H,2,6,16-17H2,1H3. The van der Waals surface area contributed by atoms with Gasteiger partial charge in [0.1, 0.15) is 18.5 Å². The predicted octanol–water partition coefficient (Wildman–Crippen LogP) is 7.15. The summed E-state index contributed by atoms with van der Waals surface area (Å²) in [6.07, 6.45) is -2.70. The Morgan fingerprint density at radius 3 is 2.36 bits per heavy atom. The molecule has 4 rings (SSSR count). The molecule has 0 bridgehead atoms. The van der Waals surface area contributed by atoms with Crippen LogP contribution in [0.4, 0.5) is 13.2 Å². The van der Waals surface area contributed by atoms with Crippen LogP contribution in [0.25, 0.3) is 11.1 Å². The van der Waals surface area contributed by atoms with Crippen molar-refractivity contribution in [1.29, 1.82) is 0 Å². The van der Waals surface area contributed by atoms with E-state index in [1.165, 1.54) is 12.1 Å². The summed E-state index contributed by atoms with van der Waals surface area (Å²) in [6.45, 7) is 2.30. The third-order valence-electron chi connectivity index (χ3n) is 5.62. The smallest absolute Gasteiger partial charge is 0.416 e. The van der Waals surface area contributed by atoms with Gasteiger partial charge >= 0.3 is 12.1 Å². The molecule has 0 heterocycles. The molecule has 1 saturated carbocycles. The molecule has 1 aliphatic carbocycles. The minimum Gasteiger partial charge on any atom is -0.489 e. The lowest BCUT2D eigenvalue weighted by Gasteiger charge is -2.13. The first-order chi connectivity index (χ1) is 15.8. The summed E-state index contributed by atoms with van der Waals surface area (Å²) in [5.74, 6) is 0.473. The van der Waals surface area contributed by atoms with Crippen LogP contribution in [0.1, 0.15) is 48.8 Å². The van der Waals surface area contributed by atoms with Crippen LogP contribution in [0.3, 0.4) is 0 Å². The van der Waals surface area contributed by atoms with E-state index in [0.29, 0.717) is 24.3 Å². The third kappa shape index (κ3) is 5.95. The van der Waals surface area contributed by atoms with Crippen molar-refractivity contribution in [2.75, 3.05) is 0 Å². The van der Waals surface area contributed by atoms with Crippen LogP contribution in [0.15, 0.2) is 72.8 Å². The minimum atomic E-state index is -4.38. The Balaban J connectivity index is 1.58. The van der Waals surface area contributed by atoms with Gasteiger partial charge in [0.2, 0.25) is 0 Å². The summed E-state index contributed by atoms with van der Waals surface area (Å²) in [4.78, 5) is 11.9. The van der Waals surface area contributed by atoms with Crippen LogP contribution >= 0.6 is 0 Å². The molecule has 172 valence electrons. The van der Waals surface area contributed by atoms with Crippen molar-refractivity contribution in [3.05, 3.63) is 89.5 Å². The molecule has 3 aromatic carbocycles. The summed E-state index contributed by atoms with van der Waals surface area (Å²) in [5.41, 5.74) is 2.69. The third-order valence-corrected chi connectivity index (χ3v) is 5.62. The van der Waals surface area contributed by atoms with Gasteiger partial charge in [0.05, 0.1) is 5.56 Å². The molecule has 0 amide bonds. The number of hydrogen-bond donors (Lipinski definition) is 0. The van der Waals surface area contributed by atoms with Gasteiger partial charge in [-0.15, -0.1) is 0 Å². The Hall–Kier alpha value is -3.28. The number of benzene rings is 3. The molecule has 1 fully saturated rings. The van der Waals surface area contributed by atoms with Crippen molar-refractivity contribution < 1.29 is 27.4 Å². The SMILES string of the molecule is CCCC(=O)OC1CC1c1cc(OCc2ccccc2)cc(-c2ccc(C(F)(F)F)cc2)c1. The first-order valence-electron chi connectivity index (χ1n) is 11.0. The van der Waals surface area contributed by atoms with E-state index in [1.807, 2.05) is 55.5 Å². The second-order valence-corrected chi connectivity index (χ2v) is 8.26. The van der Waals surface area contributed by atoms with Crippen molar-refractivity contribution in [3.63, 3.8) is 0 Å². The first-order valence-corrected chi connectivity index (χ1v) is 11.0. The largest absolute Gasteiger partial charge is 0.489 e. The minimum absolute atomic E-state index is 0.0549. The Kier molecular flexibility index (Phi) is 6.72. The van der Waals surface area contributed by atoms with E-state index >= 15 is 0 Å². The molecular formula is C27H25F3O3. The molecule has 0 aliphatic heterocycles. The van der Waals surface area contributed by atoms with Crippen LogP contribution in [-0.4, -0.2) is 12.1 Å². The summed E-state index contributed by atoms with van der Waals surface area (Å²) < 4.78 is 50.4. The highest BCUT2D eigenvalue weighted by Gasteiger charge is 2.42. The van der Waals surface area contributed by atoms with Gasteiger partial charge in [-0.1, -0.05) is 55.5 Å². The highest BCUT2D eigenvalue weighted by molar-refractivity contribution is 5.70. The van der Waals surface area contributed by atoms with E-state index in [1.54, 1.807) is 0 Å². The van der Waals surface area contributed by atoms with Gasteiger partial charge in [-0.05, 0) is 59.4 Å². The summed E-state index contributed by atoms with van der Waals surface area (Å²) in [7, 11) is 0. The molecular weight excluding hydrogens is 429 g/mol. The summed E-state index contributed by atoms with van der Waals surface area (Å²) in [5, 5.41) is 0. The zero-order valence-electron chi connectivity index (χ0n) is 18.3. The molecule has 0 spiro atoms. The molecule has 33 heavy (non-hydrogen) atoms. The van der Waals surface area contributed by atoms with E-state index < -0.39 is 11.7 Å². The fourth-order valence-corrected chi connectivity index (χ4v) is 3.76. The topological polar surface area (TPSA) is 35.5 Å². The molecule has 1 aliphatic rings. The molecule has 2 unspecified atom stereocenters. The van der Waals surface area contributed by atoms with Gasteiger partial charge in [0.25, 0.3) is 0 Å². The van der Waals surface area contributed by atoms with Crippen LogP contribution in [-0.2, 0) is 22.3 Å². The van der Waals surface area contributed by atoms with Crippen LogP contribution < -0.4 is 4.74 Å². The van der Waals surface area contributed by atoms with Gasteiger partial charge < -0.3 is 9.47 Å². The second-order valence-electron chi connectivity index (χ2n) is 8.26. The molecule has 0 saturated heterocycles. The number of carbonyl (C=O) groups is 1. The molecule has 0 radical (unpaired) electrons. The fraction of sp³-hybridized carbons (Fsp3) is 0.296. The zero-order valence-corrected chi connectivity index (χ0v) is 18.3. The number of carbonyl (C=O) groups excluding carboxylic acids is 1. The normalized spacial score (nSPS) is 17.5. The highest BCUT2D eigenvalue weighted by Crippen LogP contribution is 2.46. The lowest BCUT2D eigenvalue weighted by Crippen LogP contribution is -2.07. The Morgan fingerprint density at radius 1 is 0.970 bits per heavy atom. The van der Waals surface area contributed by atoms with E-state index in [0.717, 1.165) is 41.7 Å². The number of halogens is 3. The van der Waals surface area contributed by atoms with Crippen molar-refractivity contribution in [3.8, 4) is 16.9 Å². The van der Waals surface area contributed by atoms with Crippen molar-refractivity contribution in [2.45, 2.75) is 51.0 Å². The molecule has 3 aromatic rings. The monoisotopic (exact) mass is 454 g/mol. The Labute approximate surface area is 191 Å². The molecule has 6 heteroatoms. The predicted molar refractivity (Wildman–Crippen MR) is 120 cm³/mol. The summed E-state index contributed by atoms with van der Waals surface area (Å²) in [6, 6.07) is 20.5. The Morgan fingerprint density at radius 2 is 1.70 bits per heavy atom. The van der Waals surface area contributed by atoms with E-state index in [4.69, 9.17) is 9.47 Å². The number of ether oxygens (including phenoxy) is 2. The van der Waals surface area contributed by atoms with Crippen LogP contribution in [0.2, 0.25) is 0 Å². The summed E-state index contributed by atoms with van der Waals surface area (Å²) >= 11 is 0. The van der Waals surface area contributed by atoms with E-state index in [9.17, 15) is 18.0 Å². The average molecular weight is 454 g/mol. The number of hydrogen-bond acceptors (Lipinski definition) is 3. The van der Waals surface area contributed by atoms with Gasteiger partial charge in [0.15, 0.2) is 0 Å². The molecule has 0 aromatic heterocycles. The maximum absolute atomic E-state index is 13.0. The van der Waals surface area contributed by atoms with Crippen molar-refractivity contribution in [2.24, 2.45) is 0 Å². The highest BCUT2D eigenvalue weighted by atomic mass is 19.4. The van der Waals surface area contributed by atoms with Gasteiger partial charge in [-0.25, -0.2) is 0 Å². The van der Waals surface area contributed by atoms with Gasteiger partial charge in [0, 0.05) is 12.3 Å². The molecule has 2 atom stereocenters. The van der Waals surface area contributed by atoms with Crippen LogP contribution in [0.5, 0.6) is 5.75 Å². The molecule has 3 nitrogen and oxygen atoms in total. The number of alkyl halides is 3. The first kappa shape index (κ1) is 22.9. The lowest BCUT2D eigenvalue weighted by atomic mass is 9.99. The van der Waals surface area contributed by atoms with Gasteiger partial charge in [-0.3, -0.25) is 4.79 Å². The maximum Gasteiger partial charge on any atom is 0.416 e.